The van der Waals surface area contributed by atoms with Crippen LogP contribution in [0.2, 0.25) is 0 Å². The van der Waals surface area contributed by atoms with Gasteiger partial charge in [-0.3, -0.25) is 4.79 Å². The summed E-state index contributed by atoms with van der Waals surface area (Å²) < 4.78 is 0. The molecule has 0 heterocycles. The highest BCUT2D eigenvalue weighted by Crippen LogP contribution is 2.58. The van der Waals surface area contributed by atoms with Crippen molar-refractivity contribution >= 4 is 5.78 Å². The minimum atomic E-state index is 0.00160. The average Bonchev–Trinajstić information content (AvgIpc) is 2.48. The number of hydrogen-bond donors (Lipinski definition) is 0. The maximum atomic E-state index is 12.5. The van der Waals surface area contributed by atoms with Crippen molar-refractivity contribution in [2.24, 2.45) is 17.3 Å². The average molecular weight is 282 g/mol. The summed E-state index contributed by atoms with van der Waals surface area (Å²) in [5, 5.41) is 0. The lowest BCUT2D eigenvalue weighted by Gasteiger charge is -2.53. The van der Waals surface area contributed by atoms with Crippen LogP contribution < -0.4 is 0 Å². The van der Waals surface area contributed by atoms with Gasteiger partial charge < -0.3 is 0 Å². The molecule has 2 saturated carbocycles. The monoisotopic (exact) mass is 282 g/mol. The van der Waals surface area contributed by atoms with E-state index >= 15 is 0 Å². The van der Waals surface area contributed by atoms with E-state index in [2.05, 4.69) is 32.0 Å². The lowest BCUT2D eigenvalue weighted by molar-refractivity contribution is -0.140. The fourth-order valence-corrected chi connectivity index (χ4v) is 5.68. The molecule has 2 unspecified atom stereocenters. The van der Waals surface area contributed by atoms with Crippen LogP contribution in [0.4, 0.5) is 0 Å². The zero-order chi connectivity index (χ0) is 14.6. The van der Waals surface area contributed by atoms with Crippen LogP contribution in [-0.4, -0.2) is 5.78 Å². The molecule has 1 aromatic carbocycles. The van der Waals surface area contributed by atoms with Crippen LogP contribution in [0, 0.1) is 24.2 Å². The fourth-order valence-electron chi connectivity index (χ4n) is 5.68. The predicted molar refractivity (Wildman–Crippen MR) is 85.4 cm³/mol. The second kappa shape index (κ2) is 4.69. The lowest BCUT2D eigenvalue weighted by Crippen LogP contribution is -2.49. The largest absolute Gasteiger partial charge is 0.299 e. The molecule has 2 fully saturated rings. The van der Waals surface area contributed by atoms with E-state index in [1.165, 1.54) is 31.2 Å². The molecule has 1 aromatic rings. The third-order valence-corrected chi connectivity index (χ3v) is 6.83. The Morgan fingerprint density at radius 2 is 2.00 bits per heavy atom. The van der Waals surface area contributed by atoms with Crippen molar-refractivity contribution in [2.75, 3.05) is 0 Å². The van der Waals surface area contributed by atoms with Crippen molar-refractivity contribution in [2.45, 2.75) is 64.7 Å². The van der Waals surface area contributed by atoms with Gasteiger partial charge in [-0.25, -0.2) is 0 Å². The normalized spacial score (nSPS) is 38.4. The van der Waals surface area contributed by atoms with E-state index in [0.29, 0.717) is 11.7 Å². The summed E-state index contributed by atoms with van der Waals surface area (Å²) in [7, 11) is 0. The second-order valence-corrected chi connectivity index (χ2v) is 7.89. The van der Waals surface area contributed by atoms with Crippen LogP contribution in [0.15, 0.2) is 18.2 Å². The van der Waals surface area contributed by atoms with Gasteiger partial charge in [0.2, 0.25) is 0 Å². The predicted octanol–water partition coefficient (Wildman–Crippen LogP) is 4.81. The van der Waals surface area contributed by atoms with Crippen molar-refractivity contribution in [1.82, 2.24) is 0 Å². The number of hydrogen-bond acceptors (Lipinski definition) is 1. The maximum Gasteiger partial charge on any atom is 0.139 e. The Labute approximate surface area is 128 Å². The number of Topliss-reactive ketones (excluding diaryl/α,β-unsaturated/α-hetero) is 1. The number of rotatable bonds is 0. The van der Waals surface area contributed by atoms with Gasteiger partial charge in [-0.1, -0.05) is 30.7 Å². The minimum Gasteiger partial charge on any atom is -0.299 e. The minimum absolute atomic E-state index is 0.00160. The number of aryl methyl sites for hydroxylation is 2. The van der Waals surface area contributed by atoms with Crippen molar-refractivity contribution in [1.29, 1.82) is 0 Å². The first-order chi connectivity index (χ1) is 10.1. The molecule has 21 heavy (non-hydrogen) atoms. The van der Waals surface area contributed by atoms with Crippen LogP contribution >= 0.6 is 0 Å². The Bertz CT molecular complexity index is 588. The van der Waals surface area contributed by atoms with Crippen molar-refractivity contribution in [3.8, 4) is 0 Å². The summed E-state index contributed by atoms with van der Waals surface area (Å²) in [6.07, 6.45) is 8.10. The van der Waals surface area contributed by atoms with Gasteiger partial charge in [0, 0.05) is 11.8 Å². The first-order valence-corrected chi connectivity index (χ1v) is 8.72. The molecule has 3 aliphatic carbocycles. The van der Waals surface area contributed by atoms with Gasteiger partial charge in [0.25, 0.3) is 0 Å². The summed E-state index contributed by atoms with van der Waals surface area (Å²) in [6.45, 7) is 4.48. The fraction of sp³-hybridized carbons (Fsp3) is 0.650. The van der Waals surface area contributed by atoms with Crippen LogP contribution in [0.5, 0.6) is 0 Å². The first kappa shape index (κ1) is 13.5. The highest BCUT2D eigenvalue weighted by Gasteiger charge is 2.52. The molecule has 0 radical (unpaired) electrons. The summed E-state index contributed by atoms with van der Waals surface area (Å²) in [6, 6.07) is 7.06. The van der Waals surface area contributed by atoms with E-state index in [1.807, 2.05) is 0 Å². The standard InChI is InChI=1S/C20H26O/c1-13-6-8-15-14(12-13)7-9-17-16(15)10-11-20(2)18(17)4-3-5-19(20)21/h6,8,12,16-18H,3-5,7,9-11H2,1-2H3/t16-,17?,18+,20?/m1/s1. The zero-order valence-corrected chi connectivity index (χ0v) is 13.3. The van der Waals surface area contributed by atoms with Gasteiger partial charge in [0.1, 0.15) is 5.78 Å². The highest BCUT2D eigenvalue weighted by atomic mass is 16.1. The summed E-state index contributed by atoms with van der Waals surface area (Å²) >= 11 is 0. The SMILES string of the molecule is Cc1ccc2c(c1)CCC1[C@@H]2CCC2(C)C(=O)CCC[C@@H]12. The molecule has 4 atom stereocenters. The van der Waals surface area contributed by atoms with Gasteiger partial charge in [0.15, 0.2) is 0 Å². The number of carbonyl (C=O) groups excluding carboxylic acids is 1. The molecule has 0 saturated heterocycles. The van der Waals surface area contributed by atoms with Crippen LogP contribution in [0.1, 0.15) is 68.1 Å². The summed E-state index contributed by atoms with van der Waals surface area (Å²) in [5.41, 5.74) is 4.58. The Morgan fingerprint density at radius 1 is 1.14 bits per heavy atom. The molecule has 0 aliphatic heterocycles. The molecule has 4 rings (SSSR count). The van der Waals surface area contributed by atoms with E-state index in [4.69, 9.17) is 0 Å². The number of ketones is 1. The molecule has 0 spiro atoms. The van der Waals surface area contributed by atoms with Gasteiger partial charge in [-0.2, -0.15) is 0 Å². The van der Waals surface area contributed by atoms with E-state index in [9.17, 15) is 4.79 Å². The summed E-state index contributed by atoms with van der Waals surface area (Å²) in [4.78, 5) is 12.5. The van der Waals surface area contributed by atoms with Gasteiger partial charge in [-0.05, 0) is 74.3 Å². The Morgan fingerprint density at radius 3 is 2.86 bits per heavy atom. The van der Waals surface area contributed by atoms with Gasteiger partial charge in [-0.15, -0.1) is 0 Å². The molecule has 0 N–H and O–H groups in total. The van der Waals surface area contributed by atoms with Crippen molar-refractivity contribution < 1.29 is 4.79 Å². The molecule has 3 aliphatic rings. The smallest absolute Gasteiger partial charge is 0.139 e. The van der Waals surface area contributed by atoms with Crippen molar-refractivity contribution in [3.63, 3.8) is 0 Å². The molecule has 0 aromatic heterocycles. The Balaban J connectivity index is 1.72. The number of benzene rings is 1. The van der Waals surface area contributed by atoms with E-state index in [1.54, 1.807) is 11.1 Å². The maximum absolute atomic E-state index is 12.5. The molecular formula is C20H26O. The third kappa shape index (κ3) is 1.93. The van der Waals surface area contributed by atoms with E-state index in [0.717, 1.165) is 31.1 Å². The quantitative estimate of drug-likeness (QED) is 0.667. The van der Waals surface area contributed by atoms with Gasteiger partial charge >= 0.3 is 0 Å². The lowest BCUT2D eigenvalue weighted by atomic mass is 9.50. The third-order valence-electron chi connectivity index (χ3n) is 6.83. The topological polar surface area (TPSA) is 17.1 Å². The number of carbonyl (C=O) groups is 1. The molecule has 1 nitrogen and oxygen atoms in total. The highest BCUT2D eigenvalue weighted by molar-refractivity contribution is 5.85. The van der Waals surface area contributed by atoms with Gasteiger partial charge in [0.05, 0.1) is 0 Å². The van der Waals surface area contributed by atoms with Crippen LogP contribution in [0.25, 0.3) is 0 Å². The molecular weight excluding hydrogens is 256 g/mol. The van der Waals surface area contributed by atoms with E-state index < -0.39 is 0 Å². The van der Waals surface area contributed by atoms with Crippen molar-refractivity contribution in [3.05, 3.63) is 34.9 Å². The Kier molecular flexibility index (Phi) is 3.03. The Hall–Kier alpha value is -1.11. The molecule has 0 bridgehead atoms. The van der Waals surface area contributed by atoms with Crippen LogP contribution in [0.3, 0.4) is 0 Å². The summed E-state index contributed by atoms with van der Waals surface area (Å²) in [5.74, 6) is 2.68. The zero-order valence-electron chi connectivity index (χ0n) is 13.3. The molecule has 1 heteroatoms. The number of fused-ring (bicyclic) bond motifs is 5. The molecule has 0 amide bonds. The van der Waals surface area contributed by atoms with Crippen LogP contribution in [-0.2, 0) is 11.2 Å². The van der Waals surface area contributed by atoms with E-state index in [-0.39, 0.29) is 5.41 Å². The second-order valence-electron chi connectivity index (χ2n) is 7.89. The molecule has 112 valence electrons. The first-order valence-electron chi connectivity index (χ1n) is 8.72.